The van der Waals surface area contributed by atoms with E-state index in [4.69, 9.17) is 0 Å². The summed E-state index contributed by atoms with van der Waals surface area (Å²) in [6.07, 6.45) is 5.14. The first kappa shape index (κ1) is 11.0. The Kier molecular flexibility index (Phi) is 2.63. The van der Waals surface area contributed by atoms with Crippen LogP contribution >= 0.6 is 0 Å². The van der Waals surface area contributed by atoms with Crippen LogP contribution in [0.25, 0.3) is 11.3 Å². The average Bonchev–Trinajstić information content (AvgIpc) is 2.82. The molecule has 0 N–H and O–H groups in total. The quantitative estimate of drug-likeness (QED) is 0.779. The van der Waals surface area contributed by atoms with Crippen molar-refractivity contribution in [2.45, 2.75) is 19.9 Å². The number of allylic oxidation sites excluding steroid dienone is 3. The second-order valence-corrected chi connectivity index (χ2v) is 4.75. The first-order chi connectivity index (χ1) is 8.75. The van der Waals surface area contributed by atoms with Crippen molar-refractivity contribution in [2.24, 2.45) is 0 Å². The van der Waals surface area contributed by atoms with Gasteiger partial charge in [0.05, 0.1) is 12.0 Å². The summed E-state index contributed by atoms with van der Waals surface area (Å²) in [6.45, 7) is 6.97. The standard InChI is InChI=1S/C16H16N2/c1-12(2)14-8-9-15-16(17-11-18(15)10-14)13-6-4-3-5-7-13/h3-8,11H,1,9-10H2,2H3. The fourth-order valence-corrected chi connectivity index (χ4v) is 2.37. The van der Waals surface area contributed by atoms with Crippen molar-refractivity contribution in [1.82, 2.24) is 9.55 Å². The van der Waals surface area contributed by atoms with Crippen LogP contribution in [-0.4, -0.2) is 9.55 Å². The smallest absolute Gasteiger partial charge is 0.0959 e. The summed E-state index contributed by atoms with van der Waals surface area (Å²) in [5, 5.41) is 0. The van der Waals surface area contributed by atoms with Gasteiger partial charge in [0.1, 0.15) is 0 Å². The predicted molar refractivity (Wildman–Crippen MR) is 74.3 cm³/mol. The molecule has 0 radical (unpaired) electrons. The topological polar surface area (TPSA) is 17.8 Å². The van der Waals surface area contributed by atoms with E-state index in [0.29, 0.717) is 0 Å². The van der Waals surface area contributed by atoms with Crippen molar-refractivity contribution in [3.8, 4) is 11.3 Å². The van der Waals surface area contributed by atoms with E-state index < -0.39 is 0 Å². The van der Waals surface area contributed by atoms with Crippen molar-refractivity contribution in [3.63, 3.8) is 0 Å². The number of hydrogen-bond donors (Lipinski definition) is 0. The molecule has 2 heterocycles. The highest BCUT2D eigenvalue weighted by molar-refractivity contribution is 5.62. The predicted octanol–water partition coefficient (Wildman–Crippen LogP) is 3.61. The summed E-state index contributed by atoms with van der Waals surface area (Å²) in [7, 11) is 0. The van der Waals surface area contributed by atoms with Crippen LogP contribution < -0.4 is 0 Å². The highest BCUT2D eigenvalue weighted by atomic mass is 15.1. The first-order valence-corrected chi connectivity index (χ1v) is 6.20. The Balaban J connectivity index is 2.00. The number of nitrogens with zero attached hydrogens (tertiary/aromatic N) is 2. The highest BCUT2D eigenvalue weighted by Gasteiger charge is 2.16. The van der Waals surface area contributed by atoms with Gasteiger partial charge in [0.2, 0.25) is 0 Å². The molecular weight excluding hydrogens is 220 g/mol. The SMILES string of the molecule is C=C(C)C1=CCc2c(-c3ccccc3)ncn2C1. The van der Waals surface area contributed by atoms with E-state index in [-0.39, 0.29) is 0 Å². The molecule has 0 aliphatic carbocycles. The molecule has 0 saturated heterocycles. The second-order valence-electron chi connectivity index (χ2n) is 4.75. The fourth-order valence-electron chi connectivity index (χ4n) is 2.37. The normalized spacial score (nSPS) is 13.9. The van der Waals surface area contributed by atoms with Crippen LogP contribution in [0.2, 0.25) is 0 Å². The number of aromatic nitrogens is 2. The summed E-state index contributed by atoms with van der Waals surface area (Å²) >= 11 is 0. The Hall–Kier alpha value is -2.09. The fraction of sp³-hybridized carbons (Fsp3) is 0.188. The molecule has 1 aromatic heterocycles. The zero-order valence-electron chi connectivity index (χ0n) is 10.6. The lowest BCUT2D eigenvalue weighted by atomic mass is 10.0. The Bertz CT molecular complexity index is 618. The lowest BCUT2D eigenvalue weighted by Gasteiger charge is -2.17. The molecule has 2 nitrogen and oxygen atoms in total. The largest absolute Gasteiger partial charge is 0.329 e. The minimum atomic E-state index is 0.893. The van der Waals surface area contributed by atoms with Gasteiger partial charge in [-0.1, -0.05) is 48.6 Å². The van der Waals surface area contributed by atoms with Gasteiger partial charge in [0.15, 0.2) is 0 Å². The van der Waals surface area contributed by atoms with E-state index >= 15 is 0 Å². The zero-order chi connectivity index (χ0) is 12.5. The monoisotopic (exact) mass is 236 g/mol. The van der Waals surface area contributed by atoms with Gasteiger partial charge < -0.3 is 4.57 Å². The summed E-state index contributed by atoms with van der Waals surface area (Å²) in [5.41, 5.74) is 6.06. The van der Waals surface area contributed by atoms with Gasteiger partial charge >= 0.3 is 0 Å². The summed E-state index contributed by atoms with van der Waals surface area (Å²) in [4.78, 5) is 4.56. The Morgan fingerprint density at radius 3 is 2.78 bits per heavy atom. The molecule has 2 heteroatoms. The number of benzene rings is 1. The van der Waals surface area contributed by atoms with Gasteiger partial charge in [-0.3, -0.25) is 0 Å². The van der Waals surface area contributed by atoms with E-state index in [1.54, 1.807) is 0 Å². The van der Waals surface area contributed by atoms with Crippen LogP contribution in [-0.2, 0) is 13.0 Å². The summed E-state index contributed by atoms with van der Waals surface area (Å²) in [5.74, 6) is 0. The average molecular weight is 236 g/mol. The van der Waals surface area contributed by atoms with Crippen LogP contribution in [0.4, 0.5) is 0 Å². The van der Waals surface area contributed by atoms with Gasteiger partial charge in [-0.15, -0.1) is 0 Å². The molecule has 90 valence electrons. The van der Waals surface area contributed by atoms with Gasteiger partial charge in [-0.2, -0.15) is 0 Å². The maximum atomic E-state index is 4.56. The maximum Gasteiger partial charge on any atom is 0.0959 e. The molecule has 0 atom stereocenters. The molecule has 3 rings (SSSR count). The van der Waals surface area contributed by atoms with Crippen LogP contribution in [0.15, 0.2) is 60.5 Å². The molecule has 18 heavy (non-hydrogen) atoms. The molecule has 0 bridgehead atoms. The number of fused-ring (bicyclic) bond motifs is 1. The molecule has 0 spiro atoms. The third-order valence-electron chi connectivity index (χ3n) is 3.42. The molecule has 0 unspecified atom stereocenters. The van der Waals surface area contributed by atoms with Crippen LogP contribution in [0.5, 0.6) is 0 Å². The Labute approximate surface area is 107 Å². The molecule has 2 aromatic rings. The van der Waals surface area contributed by atoms with Gasteiger partial charge in [-0.05, 0) is 12.5 Å². The van der Waals surface area contributed by atoms with Crippen LogP contribution in [0, 0.1) is 0 Å². The van der Waals surface area contributed by atoms with E-state index in [0.717, 1.165) is 24.2 Å². The lowest BCUT2D eigenvalue weighted by Crippen LogP contribution is -2.10. The maximum absolute atomic E-state index is 4.56. The van der Waals surface area contributed by atoms with E-state index in [2.05, 4.69) is 53.4 Å². The minimum absolute atomic E-state index is 0.893. The van der Waals surface area contributed by atoms with Crippen molar-refractivity contribution in [2.75, 3.05) is 0 Å². The van der Waals surface area contributed by atoms with E-state index in [1.807, 2.05) is 12.4 Å². The lowest BCUT2D eigenvalue weighted by molar-refractivity contribution is 0.722. The Morgan fingerprint density at radius 1 is 1.28 bits per heavy atom. The molecule has 1 aliphatic rings. The third kappa shape index (κ3) is 1.80. The molecule has 1 aromatic carbocycles. The zero-order valence-corrected chi connectivity index (χ0v) is 10.6. The molecule has 1 aliphatic heterocycles. The van der Waals surface area contributed by atoms with Gasteiger partial charge in [0.25, 0.3) is 0 Å². The summed E-state index contributed by atoms with van der Waals surface area (Å²) in [6, 6.07) is 10.4. The highest BCUT2D eigenvalue weighted by Crippen LogP contribution is 2.27. The molecular formula is C16H16N2. The third-order valence-corrected chi connectivity index (χ3v) is 3.42. The summed E-state index contributed by atoms with van der Waals surface area (Å²) < 4.78 is 2.23. The van der Waals surface area contributed by atoms with Crippen molar-refractivity contribution in [3.05, 3.63) is 66.2 Å². The molecule has 0 amide bonds. The van der Waals surface area contributed by atoms with E-state index in [1.165, 1.54) is 16.8 Å². The molecule has 0 saturated carbocycles. The first-order valence-electron chi connectivity index (χ1n) is 6.20. The number of imidazole rings is 1. The second kappa shape index (κ2) is 4.30. The van der Waals surface area contributed by atoms with Crippen LogP contribution in [0.3, 0.4) is 0 Å². The van der Waals surface area contributed by atoms with Gasteiger partial charge in [0, 0.05) is 24.2 Å². The number of hydrogen-bond acceptors (Lipinski definition) is 1. The van der Waals surface area contributed by atoms with Gasteiger partial charge in [-0.25, -0.2) is 4.98 Å². The van der Waals surface area contributed by atoms with E-state index in [9.17, 15) is 0 Å². The molecule has 0 fully saturated rings. The Morgan fingerprint density at radius 2 is 2.06 bits per heavy atom. The van der Waals surface area contributed by atoms with Crippen molar-refractivity contribution >= 4 is 0 Å². The van der Waals surface area contributed by atoms with Crippen molar-refractivity contribution in [1.29, 1.82) is 0 Å². The van der Waals surface area contributed by atoms with Crippen molar-refractivity contribution < 1.29 is 0 Å². The number of rotatable bonds is 2. The minimum Gasteiger partial charge on any atom is -0.329 e. The van der Waals surface area contributed by atoms with Crippen LogP contribution in [0.1, 0.15) is 12.6 Å².